The van der Waals surface area contributed by atoms with Gasteiger partial charge in [0.1, 0.15) is 11.8 Å². The van der Waals surface area contributed by atoms with Gasteiger partial charge < -0.3 is 25.0 Å². The quantitative estimate of drug-likeness (QED) is 0.531. The van der Waals surface area contributed by atoms with Crippen LogP contribution in [0.4, 0.5) is 0 Å². The monoisotopic (exact) mass is 527 g/mol. The van der Waals surface area contributed by atoms with Crippen LogP contribution in [-0.4, -0.2) is 67.1 Å². The van der Waals surface area contributed by atoms with Crippen LogP contribution < -0.4 is 15.4 Å². The van der Waals surface area contributed by atoms with Crippen LogP contribution in [0.1, 0.15) is 56.1 Å². The number of ether oxygens (including phenoxy) is 2. The van der Waals surface area contributed by atoms with Crippen molar-refractivity contribution in [3.8, 4) is 16.2 Å². The number of amides is 2. The molecule has 1 saturated carbocycles. The van der Waals surface area contributed by atoms with Crippen molar-refractivity contribution in [1.29, 1.82) is 0 Å². The average molecular weight is 528 g/mol. The van der Waals surface area contributed by atoms with E-state index in [9.17, 15) is 14.4 Å². The molecule has 2 amide bonds. The molecule has 4 rings (SSSR count). The number of hydrogen-bond acceptors (Lipinski definition) is 7. The maximum absolute atomic E-state index is 13.4. The Labute approximate surface area is 222 Å². The molecule has 0 spiro atoms. The SMILES string of the molecule is COC(=O)C1CC(NC(C)(C)C)CCC1N1CC[C@H](NC(=O)c2ccc(-c3ccc(OC)cc3)s2)C1=O. The number of carbonyl (C=O) groups excluding carboxylic acids is 3. The predicted molar refractivity (Wildman–Crippen MR) is 144 cm³/mol. The van der Waals surface area contributed by atoms with Gasteiger partial charge in [0.05, 0.1) is 25.0 Å². The van der Waals surface area contributed by atoms with Crippen molar-refractivity contribution in [2.75, 3.05) is 20.8 Å². The molecule has 1 saturated heterocycles. The Morgan fingerprint density at radius 3 is 2.41 bits per heavy atom. The molecule has 1 aliphatic carbocycles. The van der Waals surface area contributed by atoms with Crippen molar-refractivity contribution < 1.29 is 23.9 Å². The second-order valence-corrected chi connectivity index (χ2v) is 11.9. The Morgan fingerprint density at radius 1 is 1.03 bits per heavy atom. The summed E-state index contributed by atoms with van der Waals surface area (Å²) in [5.41, 5.74) is 0.935. The smallest absolute Gasteiger partial charge is 0.310 e. The van der Waals surface area contributed by atoms with Gasteiger partial charge in [-0.2, -0.15) is 0 Å². The van der Waals surface area contributed by atoms with Crippen molar-refractivity contribution in [3.63, 3.8) is 0 Å². The van der Waals surface area contributed by atoms with Crippen LogP contribution >= 0.6 is 11.3 Å². The molecule has 0 radical (unpaired) electrons. The molecule has 2 N–H and O–H groups in total. The van der Waals surface area contributed by atoms with Crippen molar-refractivity contribution in [2.24, 2.45) is 5.92 Å². The number of esters is 1. The maximum Gasteiger partial charge on any atom is 0.310 e. The molecular formula is C28H37N3O5S. The Bertz CT molecular complexity index is 1120. The second-order valence-electron chi connectivity index (χ2n) is 10.8. The average Bonchev–Trinajstić information content (AvgIpc) is 3.50. The molecule has 4 atom stereocenters. The fraction of sp³-hybridized carbons (Fsp3) is 0.536. The molecule has 1 aromatic heterocycles. The van der Waals surface area contributed by atoms with Crippen molar-refractivity contribution in [3.05, 3.63) is 41.3 Å². The fourth-order valence-electron chi connectivity index (χ4n) is 5.44. The number of likely N-dealkylation sites (tertiary alicyclic amines) is 1. The van der Waals surface area contributed by atoms with E-state index in [0.717, 1.165) is 29.0 Å². The second kappa shape index (κ2) is 11.2. The van der Waals surface area contributed by atoms with Crippen LogP contribution in [0.3, 0.4) is 0 Å². The topological polar surface area (TPSA) is 97.0 Å². The highest BCUT2D eigenvalue weighted by molar-refractivity contribution is 7.17. The molecule has 0 bridgehead atoms. The van der Waals surface area contributed by atoms with E-state index in [-0.39, 0.29) is 41.3 Å². The molecule has 1 aromatic carbocycles. The molecular weight excluding hydrogens is 490 g/mol. The first-order valence-corrected chi connectivity index (χ1v) is 13.6. The van der Waals surface area contributed by atoms with E-state index < -0.39 is 6.04 Å². The summed E-state index contributed by atoms with van der Waals surface area (Å²) in [4.78, 5) is 42.4. The number of carbonyl (C=O) groups is 3. The highest BCUT2D eigenvalue weighted by Gasteiger charge is 2.45. The van der Waals surface area contributed by atoms with E-state index in [0.29, 0.717) is 24.3 Å². The van der Waals surface area contributed by atoms with Crippen molar-refractivity contribution in [1.82, 2.24) is 15.5 Å². The van der Waals surface area contributed by atoms with Gasteiger partial charge in [0.25, 0.3) is 5.91 Å². The van der Waals surface area contributed by atoms with Gasteiger partial charge in [0.15, 0.2) is 0 Å². The summed E-state index contributed by atoms with van der Waals surface area (Å²) in [6.07, 6.45) is 2.74. The minimum atomic E-state index is -0.595. The molecule has 200 valence electrons. The standard InChI is InChI=1S/C28H37N3O5S/c1-28(2,3)30-18-8-11-22(20(16-18)27(34)36-5)31-15-14-21(26(31)33)29-25(32)24-13-12-23(37-24)17-6-9-19(35-4)10-7-17/h6-7,9-10,12-13,18,20-22,30H,8,11,14-16H2,1-5H3,(H,29,32)/t18?,20?,21-,22?/m0/s1. The lowest BCUT2D eigenvalue weighted by molar-refractivity contribution is -0.151. The molecule has 9 heteroatoms. The van der Waals surface area contributed by atoms with Gasteiger partial charge in [-0.3, -0.25) is 14.4 Å². The third-order valence-electron chi connectivity index (χ3n) is 7.10. The largest absolute Gasteiger partial charge is 0.497 e. The van der Waals surface area contributed by atoms with Crippen LogP contribution in [0.2, 0.25) is 0 Å². The van der Waals surface area contributed by atoms with E-state index in [1.807, 2.05) is 30.3 Å². The zero-order valence-corrected chi connectivity index (χ0v) is 23.0. The minimum absolute atomic E-state index is 0.0634. The lowest BCUT2D eigenvalue weighted by atomic mass is 9.80. The predicted octanol–water partition coefficient (Wildman–Crippen LogP) is 3.85. The van der Waals surface area contributed by atoms with E-state index in [1.54, 1.807) is 18.1 Å². The number of hydrogen-bond donors (Lipinski definition) is 2. The summed E-state index contributed by atoms with van der Waals surface area (Å²) >= 11 is 1.39. The van der Waals surface area contributed by atoms with Gasteiger partial charge >= 0.3 is 5.97 Å². The first kappa shape index (κ1) is 27.1. The number of benzene rings is 1. The summed E-state index contributed by atoms with van der Waals surface area (Å²) in [5.74, 6) is -0.276. The first-order valence-electron chi connectivity index (χ1n) is 12.8. The van der Waals surface area contributed by atoms with Gasteiger partial charge in [-0.1, -0.05) is 0 Å². The van der Waals surface area contributed by atoms with Gasteiger partial charge in [-0.15, -0.1) is 11.3 Å². The van der Waals surface area contributed by atoms with Gasteiger partial charge in [0.2, 0.25) is 5.91 Å². The molecule has 2 aliphatic rings. The van der Waals surface area contributed by atoms with Crippen LogP contribution in [0.15, 0.2) is 36.4 Å². The molecule has 2 heterocycles. The number of rotatable bonds is 7. The van der Waals surface area contributed by atoms with Crippen LogP contribution in [0.5, 0.6) is 5.75 Å². The normalized spacial score (nSPS) is 24.1. The molecule has 3 unspecified atom stereocenters. The van der Waals surface area contributed by atoms with Crippen molar-refractivity contribution in [2.45, 2.75) is 70.1 Å². The number of nitrogens with zero attached hydrogens (tertiary/aromatic N) is 1. The highest BCUT2D eigenvalue weighted by Crippen LogP contribution is 2.34. The zero-order valence-electron chi connectivity index (χ0n) is 22.2. The lowest BCUT2D eigenvalue weighted by Gasteiger charge is -2.41. The molecule has 37 heavy (non-hydrogen) atoms. The van der Waals surface area contributed by atoms with Crippen LogP contribution in [0, 0.1) is 5.92 Å². The Balaban J connectivity index is 1.40. The Morgan fingerprint density at radius 2 is 1.76 bits per heavy atom. The third-order valence-corrected chi connectivity index (χ3v) is 8.24. The van der Waals surface area contributed by atoms with Gasteiger partial charge in [0, 0.05) is 29.0 Å². The molecule has 1 aliphatic heterocycles. The molecule has 8 nitrogen and oxygen atoms in total. The summed E-state index contributed by atoms with van der Waals surface area (Å²) in [6.45, 7) is 6.84. The minimum Gasteiger partial charge on any atom is -0.497 e. The summed E-state index contributed by atoms with van der Waals surface area (Å²) in [7, 11) is 3.02. The lowest BCUT2D eigenvalue weighted by Crippen LogP contribution is -2.55. The van der Waals surface area contributed by atoms with Crippen molar-refractivity contribution >= 4 is 29.1 Å². The van der Waals surface area contributed by atoms with E-state index >= 15 is 0 Å². The fourth-order valence-corrected chi connectivity index (χ4v) is 6.36. The number of thiophene rings is 1. The summed E-state index contributed by atoms with van der Waals surface area (Å²) in [6, 6.07) is 10.7. The summed E-state index contributed by atoms with van der Waals surface area (Å²) in [5, 5.41) is 6.52. The van der Waals surface area contributed by atoms with E-state index in [2.05, 4.69) is 31.4 Å². The summed E-state index contributed by atoms with van der Waals surface area (Å²) < 4.78 is 10.3. The van der Waals surface area contributed by atoms with Crippen LogP contribution in [0.25, 0.3) is 10.4 Å². The first-order chi connectivity index (χ1) is 17.6. The maximum atomic E-state index is 13.4. The third kappa shape index (κ3) is 6.33. The van der Waals surface area contributed by atoms with E-state index in [4.69, 9.17) is 9.47 Å². The molecule has 2 aromatic rings. The number of nitrogens with one attached hydrogen (secondary N) is 2. The van der Waals surface area contributed by atoms with Crippen LogP contribution in [-0.2, 0) is 14.3 Å². The zero-order chi connectivity index (χ0) is 26.7. The number of methoxy groups -OCH3 is 2. The van der Waals surface area contributed by atoms with Gasteiger partial charge in [-0.25, -0.2) is 0 Å². The molecule has 2 fully saturated rings. The van der Waals surface area contributed by atoms with Gasteiger partial charge in [-0.05, 0) is 88.4 Å². The Hall–Kier alpha value is -2.91. The highest BCUT2D eigenvalue weighted by atomic mass is 32.1. The Kier molecular flexibility index (Phi) is 8.23. The van der Waals surface area contributed by atoms with E-state index in [1.165, 1.54) is 18.4 Å².